The minimum atomic E-state index is -0.0810. The molecule has 59 heavy (non-hydrogen) atoms. The van der Waals surface area contributed by atoms with Crippen molar-refractivity contribution < 1.29 is 5.11 Å². The highest BCUT2D eigenvalue weighted by Gasteiger charge is 2.34. The molecule has 3 atom stereocenters. The molecule has 1 N–H and O–H groups in total. The first-order valence-electron chi connectivity index (χ1n) is 21.4. The molecule has 0 unspecified atom stereocenters. The van der Waals surface area contributed by atoms with Crippen LogP contribution in [-0.4, -0.2) is 86.3 Å². The molecule has 302 valence electrons. The van der Waals surface area contributed by atoms with Gasteiger partial charge in [0.1, 0.15) is 22.6 Å². The molecule has 0 saturated carbocycles. The van der Waals surface area contributed by atoms with E-state index >= 15 is 0 Å². The fraction of sp³-hybridized carbons (Fsp3) is 0.396. The Bertz CT molecular complexity index is 2480. The molecule has 0 bridgehead atoms. The number of phenols is 1. The molecule has 0 amide bonds. The second-order valence-corrected chi connectivity index (χ2v) is 18.3. The molecule has 4 aliphatic rings. The van der Waals surface area contributed by atoms with Crippen LogP contribution in [0.2, 0.25) is 0 Å². The Morgan fingerprint density at radius 2 is 1.53 bits per heavy atom. The summed E-state index contributed by atoms with van der Waals surface area (Å²) in [7, 11) is 0. The van der Waals surface area contributed by atoms with E-state index in [4.69, 9.17) is 15.0 Å². The quantitative estimate of drug-likeness (QED) is 0.172. The van der Waals surface area contributed by atoms with Crippen molar-refractivity contribution in [3.8, 4) is 10.8 Å². The predicted octanol–water partition coefficient (Wildman–Crippen LogP) is 8.56. The number of piperazine rings is 1. The molecule has 0 radical (unpaired) electrons. The van der Waals surface area contributed by atoms with E-state index in [1.807, 2.05) is 30.4 Å². The maximum atomic E-state index is 10.2. The lowest BCUT2D eigenvalue weighted by Crippen LogP contribution is -2.49. The zero-order valence-corrected chi connectivity index (χ0v) is 35.4. The van der Waals surface area contributed by atoms with Crippen molar-refractivity contribution in [3.05, 3.63) is 141 Å². The molecular formula is C48H53N9OS. The molecule has 3 aromatic heterocycles. The number of hydrogen-bond donors (Lipinski definition) is 1. The van der Waals surface area contributed by atoms with Gasteiger partial charge in [0.25, 0.3) is 0 Å². The summed E-state index contributed by atoms with van der Waals surface area (Å²) in [6.45, 7) is 15.9. The van der Waals surface area contributed by atoms with Gasteiger partial charge in [-0.25, -0.2) is 9.97 Å². The Labute approximate surface area is 351 Å². The third-order valence-electron chi connectivity index (χ3n) is 13.5. The molecule has 2 fully saturated rings. The maximum Gasteiger partial charge on any atom is 0.225 e. The summed E-state index contributed by atoms with van der Waals surface area (Å²) in [5, 5.41) is 20.3. The van der Waals surface area contributed by atoms with Crippen molar-refractivity contribution in [1.29, 1.82) is 0 Å². The van der Waals surface area contributed by atoms with Crippen molar-refractivity contribution in [1.82, 2.24) is 29.6 Å². The molecule has 10 nitrogen and oxygen atoms in total. The molecule has 6 aromatic rings. The molecule has 3 aromatic carbocycles. The number of aromatic nitrogens is 5. The number of anilines is 2. The summed E-state index contributed by atoms with van der Waals surface area (Å²) in [6, 6.07) is 25.7. The average Bonchev–Trinajstić information content (AvgIpc) is 3.76. The number of rotatable bonds is 7. The van der Waals surface area contributed by atoms with Gasteiger partial charge in [-0.3, -0.25) is 14.5 Å². The van der Waals surface area contributed by atoms with Gasteiger partial charge in [0, 0.05) is 85.8 Å². The van der Waals surface area contributed by atoms with Gasteiger partial charge in [0.2, 0.25) is 5.95 Å². The zero-order chi connectivity index (χ0) is 40.2. The number of piperidine rings is 1. The molecule has 11 heteroatoms. The van der Waals surface area contributed by atoms with Crippen LogP contribution in [0, 0.1) is 26.7 Å². The van der Waals surface area contributed by atoms with Crippen LogP contribution in [0.3, 0.4) is 0 Å². The maximum absolute atomic E-state index is 10.2. The Morgan fingerprint density at radius 1 is 0.780 bits per heavy atom. The first kappa shape index (κ1) is 37.9. The lowest BCUT2D eigenvalue weighted by atomic mass is 9.70. The number of fused-ring (bicyclic) bond motifs is 4. The second-order valence-electron chi connectivity index (χ2n) is 17.1. The molecule has 1 aliphatic carbocycles. The number of hydrogen-bond acceptors (Lipinski definition) is 10. The first-order valence-corrected chi connectivity index (χ1v) is 22.2. The third-order valence-corrected chi connectivity index (χ3v) is 14.7. The fourth-order valence-electron chi connectivity index (χ4n) is 10.1. The van der Waals surface area contributed by atoms with Crippen molar-refractivity contribution in [2.45, 2.75) is 71.3 Å². The van der Waals surface area contributed by atoms with Gasteiger partial charge in [-0.15, -0.1) is 21.5 Å². The Balaban J connectivity index is 0.747. The monoisotopic (exact) mass is 803 g/mol. The summed E-state index contributed by atoms with van der Waals surface area (Å²) in [4.78, 5) is 24.1. The normalized spacial score (nSPS) is 21.1. The number of aryl methyl sites for hydroxylation is 3. The van der Waals surface area contributed by atoms with Gasteiger partial charge in [-0.05, 0) is 117 Å². The van der Waals surface area contributed by atoms with E-state index in [1.54, 1.807) is 0 Å². The van der Waals surface area contributed by atoms with E-state index in [0.29, 0.717) is 17.6 Å². The number of thiophene rings is 1. The van der Waals surface area contributed by atoms with Crippen molar-refractivity contribution in [2.75, 3.05) is 55.6 Å². The van der Waals surface area contributed by atoms with E-state index in [9.17, 15) is 5.11 Å². The highest BCUT2D eigenvalue weighted by Crippen LogP contribution is 2.47. The molecule has 3 aliphatic heterocycles. The van der Waals surface area contributed by atoms with Crippen molar-refractivity contribution >= 4 is 28.7 Å². The molecular weight excluding hydrogens is 751 g/mol. The van der Waals surface area contributed by atoms with Gasteiger partial charge in [-0.2, -0.15) is 0 Å². The van der Waals surface area contributed by atoms with E-state index < -0.39 is 0 Å². The Morgan fingerprint density at radius 3 is 2.27 bits per heavy atom. The van der Waals surface area contributed by atoms with Gasteiger partial charge in [0.15, 0.2) is 5.82 Å². The number of phenolic OH excluding ortho intramolecular Hbond substituents is 1. The topological polar surface area (TPSA) is 98.8 Å². The summed E-state index contributed by atoms with van der Waals surface area (Å²) in [6.07, 6.45) is 8.43. The second kappa shape index (κ2) is 15.7. The largest absolute Gasteiger partial charge is 0.508 e. The van der Waals surface area contributed by atoms with Crippen molar-refractivity contribution in [3.63, 3.8) is 0 Å². The summed E-state index contributed by atoms with van der Waals surface area (Å²) in [5.41, 5.74) is 11.0. The van der Waals surface area contributed by atoms with Crippen LogP contribution in [0.5, 0.6) is 5.75 Å². The first-order chi connectivity index (χ1) is 28.8. The zero-order valence-electron chi connectivity index (χ0n) is 34.6. The van der Waals surface area contributed by atoms with Gasteiger partial charge < -0.3 is 14.9 Å². The van der Waals surface area contributed by atoms with Crippen molar-refractivity contribution in [2.24, 2.45) is 10.9 Å². The molecule has 10 rings (SSSR count). The van der Waals surface area contributed by atoms with Crippen LogP contribution in [-0.2, 0) is 6.42 Å². The SMILES string of the molecule is Cc1sc2c(c1C)C(c1ccc(N3CCN(CC4CCN(c5ncc([C@@H]6c7ccc(O)cc7CC[C@@H]6c6ccccc6)cn5)CC4)CC3)cc1)=N[C@@H](C)c1nnc(C)n1-2. The average molecular weight is 804 g/mol. The Kier molecular flexibility index (Phi) is 10.0. The minimum Gasteiger partial charge on any atom is -0.508 e. The van der Waals surface area contributed by atoms with Crippen LogP contribution in [0.4, 0.5) is 11.6 Å². The van der Waals surface area contributed by atoms with E-state index in [1.165, 1.54) is 43.4 Å². The lowest BCUT2D eigenvalue weighted by Gasteiger charge is -2.39. The number of benzene rings is 3. The minimum absolute atomic E-state index is 0.0810. The lowest BCUT2D eigenvalue weighted by molar-refractivity contribution is 0.201. The predicted molar refractivity (Wildman–Crippen MR) is 237 cm³/mol. The standard InChI is InChI=1S/C48H53N9OS/c1-30-32(3)59-47-43(30)45(51-31(2)46-53-52-33(4)57(46)47)36-10-13-39(14-11-36)55-24-22-54(23-25-55)29-34-18-20-56(21-19-34)48-49-27-38(28-50-48)44-41(35-8-6-5-7-9-35)16-12-37-26-40(58)15-17-42(37)44/h5-11,13-15,17,26-28,31,34,41,44,58H,12,16,18-25,29H2,1-4H3/t31-,41+,44-/m0/s1. The third kappa shape index (κ3) is 7.12. The van der Waals surface area contributed by atoms with Crippen LogP contribution in [0.25, 0.3) is 5.00 Å². The Hall–Kier alpha value is -5.39. The highest BCUT2D eigenvalue weighted by molar-refractivity contribution is 7.15. The van der Waals surface area contributed by atoms with E-state index in [-0.39, 0.29) is 12.0 Å². The van der Waals surface area contributed by atoms with Gasteiger partial charge in [0.05, 0.1) is 5.71 Å². The number of aromatic hydroxyl groups is 1. The molecule has 0 spiro atoms. The fourth-order valence-corrected chi connectivity index (χ4v) is 11.3. The smallest absolute Gasteiger partial charge is 0.225 e. The summed E-state index contributed by atoms with van der Waals surface area (Å²) >= 11 is 1.81. The van der Waals surface area contributed by atoms with Gasteiger partial charge in [-0.1, -0.05) is 48.5 Å². The van der Waals surface area contributed by atoms with Crippen LogP contribution in [0.1, 0.15) is 99.5 Å². The summed E-state index contributed by atoms with van der Waals surface area (Å²) < 4.78 is 2.21. The van der Waals surface area contributed by atoms with Crippen LogP contribution in [0.15, 0.2) is 90.2 Å². The van der Waals surface area contributed by atoms with E-state index in [2.05, 4.69) is 123 Å². The van der Waals surface area contributed by atoms with Gasteiger partial charge >= 0.3 is 0 Å². The summed E-state index contributed by atoms with van der Waals surface area (Å²) in [5.74, 6) is 4.17. The van der Waals surface area contributed by atoms with E-state index in [0.717, 1.165) is 106 Å². The van der Waals surface area contributed by atoms with Crippen LogP contribution < -0.4 is 9.80 Å². The van der Waals surface area contributed by atoms with Crippen LogP contribution >= 0.6 is 11.3 Å². The highest BCUT2D eigenvalue weighted by atomic mass is 32.1. The molecule has 6 heterocycles. The molecule has 2 saturated heterocycles. The number of aliphatic imine (C=N–C) groups is 1. The number of nitrogens with zero attached hydrogens (tertiary/aromatic N) is 9.